The quantitative estimate of drug-likeness (QED) is 0.700. The van der Waals surface area contributed by atoms with Crippen LogP contribution in [0.5, 0.6) is 0 Å². The van der Waals surface area contributed by atoms with E-state index in [0.29, 0.717) is 5.82 Å². The van der Waals surface area contributed by atoms with Gasteiger partial charge in [-0.25, -0.2) is 4.68 Å². The Morgan fingerprint density at radius 3 is 3.00 bits per heavy atom. The Labute approximate surface area is 81.7 Å². The summed E-state index contributed by atoms with van der Waals surface area (Å²) in [6.07, 6.45) is 2.39. The fourth-order valence-electron chi connectivity index (χ4n) is 1.72. The molecule has 6 nitrogen and oxygen atoms in total. The predicted octanol–water partition coefficient (Wildman–Crippen LogP) is -0.346. The zero-order chi connectivity index (χ0) is 10.1. The largest absolute Gasteiger partial charge is 0.381 e. The average molecular weight is 195 g/mol. The molecule has 2 heterocycles. The third kappa shape index (κ3) is 1.32. The Balaban J connectivity index is 2.17. The molecule has 1 aliphatic heterocycles. The van der Waals surface area contributed by atoms with Gasteiger partial charge < -0.3 is 10.6 Å². The third-order valence-corrected chi connectivity index (χ3v) is 2.50. The standard InChI is InChI=1S/C8H13N5O/c1-2-12-4-3-6(8(12)14)13-5-7(9)10-11-13/h5-6H,2-4,9H2,1H3. The SMILES string of the molecule is CCN1CCC(n2cc(N)nn2)C1=O. The van der Waals surface area contributed by atoms with Crippen molar-refractivity contribution in [1.82, 2.24) is 19.9 Å². The lowest BCUT2D eigenvalue weighted by Crippen LogP contribution is -2.28. The predicted molar refractivity (Wildman–Crippen MR) is 50.3 cm³/mol. The van der Waals surface area contributed by atoms with E-state index in [2.05, 4.69) is 10.3 Å². The Kier molecular flexibility index (Phi) is 2.11. The summed E-state index contributed by atoms with van der Waals surface area (Å²) < 4.78 is 1.55. The second-order valence-electron chi connectivity index (χ2n) is 3.35. The number of hydrogen-bond acceptors (Lipinski definition) is 4. The minimum atomic E-state index is -0.209. The monoisotopic (exact) mass is 195 g/mol. The number of amides is 1. The molecule has 1 saturated heterocycles. The maximum atomic E-state index is 11.7. The molecule has 1 fully saturated rings. The van der Waals surface area contributed by atoms with Crippen molar-refractivity contribution in [2.24, 2.45) is 0 Å². The summed E-state index contributed by atoms with van der Waals surface area (Å²) in [5.74, 6) is 0.463. The molecule has 1 aliphatic rings. The topological polar surface area (TPSA) is 77.0 Å². The van der Waals surface area contributed by atoms with Gasteiger partial charge in [0.15, 0.2) is 5.82 Å². The Hall–Kier alpha value is -1.59. The van der Waals surface area contributed by atoms with E-state index in [4.69, 9.17) is 5.73 Å². The van der Waals surface area contributed by atoms with Crippen LogP contribution < -0.4 is 5.73 Å². The lowest BCUT2D eigenvalue weighted by Gasteiger charge is -2.13. The van der Waals surface area contributed by atoms with E-state index in [0.717, 1.165) is 19.5 Å². The molecule has 76 valence electrons. The fraction of sp³-hybridized carbons (Fsp3) is 0.625. The van der Waals surface area contributed by atoms with Crippen LogP contribution in [0.15, 0.2) is 6.20 Å². The number of rotatable bonds is 2. The third-order valence-electron chi connectivity index (χ3n) is 2.50. The van der Waals surface area contributed by atoms with Crippen molar-refractivity contribution in [3.8, 4) is 0 Å². The number of nitrogens with two attached hydrogens (primary N) is 1. The van der Waals surface area contributed by atoms with Gasteiger partial charge in [-0.1, -0.05) is 5.21 Å². The van der Waals surface area contributed by atoms with Crippen LogP contribution in [0.2, 0.25) is 0 Å². The molecule has 0 aromatic carbocycles. The Morgan fingerprint density at radius 1 is 1.71 bits per heavy atom. The van der Waals surface area contributed by atoms with E-state index in [1.165, 1.54) is 0 Å². The van der Waals surface area contributed by atoms with Gasteiger partial charge in [0.05, 0.1) is 6.20 Å². The lowest BCUT2D eigenvalue weighted by molar-refractivity contribution is -0.130. The maximum Gasteiger partial charge on any atom is 0.247 e. The normalized spacial score (nSPS) is 21.9. The number of likely N-dealkylation sites (N-methyl/N-ethyl adjacent to an activating group) is 1. The number of hydrogen-bond donors (Lipinski definition) is 1. The summed E-state index contributed by atoms with van der Waals surface area (Å²) in [7, 11) is 0. The van der Waals surface area contributed by atoms with E-state index < -0.39 is 0 Å². The van der Waals surface area contributed by atoms with E-state index in [1.807, 2.05) is 11.8 Å². The highest BCUT2D eigenvalue weighted by Crippen LogP contribution is 2.22. The molecular weight excluding hydrogens is 182 g/mol. The van der Waals surface area contributed by atoms with Gasteiger partial charge in [-0.15, -0.1) is 5.10 Å². The minimum absolute atomic E-state index is 0.109. The van der Waals surface area contributed by atoms with Crippen LogP contribution in [-0.4, -0.2) is 38.9 Å². The van der Waals surface area contributed by atoms with E-state index >= 15 is 0 Å². The van der Waals surface area contributed by atoms with Crippen LogP contribution in [0.25, 0.3) is 0 Å². The molecule has 0 saturated carbocycles. The van der Waals surface area contributed by atoms with Gasteiger partial charge in [0.2, 0.25) is 5.91 Å². The zero-order valence-electron chi connectivity index (χ0n) is 8.05. The van der Waals surface area contributed by atoms with Gasteiger partial charge in [0.25, 0.3) is 0 Å². The van der Waals surface area contributed by atoms with E-state index in [9.17, 15) is 4.79 Å². The second kappa shape index (κ2) is 3.28. The molecule has 0 bridgehead atoms. The number of nitrogens with zero attached hydrogens (tertiary/aromatic N) is 4. The van der Waals surface area contributed by atoms with Crippen LogP contribution >= 0.6 is 0 Å². The number of nitrogen functional groups attached to an aromatic ring is 1. The summed E-state index contributed by atoms with van der Waals surface area (Å²) in [5.41, 5.74) is 5.44. The molecule has 1 aromatic heterocycles. The average Bonchev–Trinajstić information content (AvgIpc) is 2.72. The second-order valence-corrected chi connectivity index (χ2v) is 3.35. The van der Waals surface area contributed by atoms with Crippen molar-refractivity contribution in [1.29, 1.82) is 0 Å². The molecule has 1 aromatic rings. The van der Waals surface area contributed by atoms with Crippen LogP contribution in [0.1, 0.15) is 19.4 Å². The van der Waals surface area contributed by atoms with Gasteiger partial charge in [-0.3, -0.25) is 4.79 Å². The molecule has 2 rings (SSSR count). The number of aromatic nitrogens is 3. The molecule has 2 N–H and O–H groups in total. The van der Waals surface area contributed by atoms with Gasteiger partial charge in [-0.05, 0) is 13.3 Å². The molecule has 6 heteroatoms. The van der Waals surface area contributed by atoms with Crippen molar-refractivity contribution in [3.63, 3.8) is 0 Å². The summed E-state index contributed by atoms with van der Waals surface area (Å²) in [5, 5.41) is 7.48. The highest BCUT2D eigenvalue weighted by atomic mass is 16.2. The van der Waals surface area contributed by atoms with Crippen LogP contribution in [-0.2, 0) is 4.79 Å². The van der Waals surface area contributed by atoms with E-state index in [-0.39, 0.29) is 11.9 Å². The van der Waals surface area contributed by atoms with Crippen LogP contribution in [0.3, 0.4) is 0 Å². The van der Waals surface area contributed by atoms with Gasteiger partial charge >= 0.3 is 0 Å². The summed E-state index contributed by atoms with van der Waals surface area (Å²) in [4.78, 5) is 13.6. The van der Waals surface area contributed by atoms with Crippen molar-refractivity contribution >= 4 is 11.7 Å². The molecule has 1 amide bonds. The number of carbonyl (C=O) groups excluding carboxylic acids is 1. The highest BCUT2D eigenvalue weighted by Gasteiger charge is 2.32. The Morgan fingerprint density at radius 2 is 2.50 bits per heavy atom. The van der Waals surface area contributed by atoms with Crippen molar-refractivity contribution in [2.75, 3.05) is 18.8 Å². The van der Waals surface area contributed by atoms with Crippen molar-refractivity contribution in [3.05, 3.63) is 6.20 Å². The van der Waals surface area contributed by atoms with Gasteiger partial charge in [0.1, 0.15) is 6.04 Å². The molecule has 0 aliphatic carbocycles. The first-order chi connectivity index (χ1) is 6.72. The fourth-order valence-corrected chi connectivity index (χ4v) is 1.72. The summed E-state index contributed by atoms with van der Waals surface area (Å²) in [6, 6.07) is -0.209. The van der Waals surface area contributed by atoms with Crippen molar-refractivity contribution < 1.29 is 4.79 Å². The molecule has 1 unspecified atom stereocenters. The molecule has 1 atom stereocenters. The first kappa shape index (κ1) is 8.98. The van der Waals surface area contributed by atoms with Crippen LogP contribution in [0.4, 0.5) is 5.82 Å². The number of anilines is 1. The summed E-state index contributed by atoms with van der Waals surface area (Å²) >= 11 is 0. The lowest BCUT2D eigenvalue weighted by atomic mass is 10.2. The van der Waals surface area contributed by atoms with E-state index in [1.54, 1.807) is 10.9 Å². The number of carbonyl (C=O) groups is 1. The van der Waals surface area contributed by atoms with Gasteiger partial charge in [0, 0.05) is 13.1 Å². The molecule has 0 radical (unpaired) electrons. The first-order valence-electron chi connectivity index (χ1n) is 4.68. The molecule has 0 spiro atoms. The van der Waals surface area contributed by atoms with Crippen molar-refractivity contribution in [2.45, 2.75) is 19.4 Å². The molecule has 14 heavy (non-hydrogen) atoms. The van der Waals surface area contributed by atoms with Crippen LogP contribution in [0, 0.1) is 0 Å². The minimum Gasteiger partial charge on any atom is -0.381 e. The summed E-state index contributed by atoms with van der Waals surface area (Å²) in [6.45, 7) is 3.51. The molecular formula is C8H13N5O. The first-order valence-corrected chi connectivity index (χ1v) is 4.68. The zero-order valence-corrected chi connectivity index (χ0v) is 8.05. The Bertz CT molecular complexity index is 347. The van der Waals surface area contributed by atoms with Gasteiger partial charge in [-0.2, -0.15) is 0 Å². The smallest absolute Gasteiger partial charge is 0.247 e. The number of likely N-dealkylation sites (tertiary alicyclic amines) is 1. The highest BCUT2D eigenvalue weighted by molar-refractivity contribution is 5.82. The maximum absolute atomic E-state index is 11.7.